The van der Waals surface area contributed by atoms with Gasteiger partial charge in [0.05, 0.1) is 6.61 Å². The second kappa shape index (κ2) is 7.93. The van der Waals surface area contributed by atoms with E-state index in [4.69, 9.17) is 4.74 Å². The summed E-state index contributed by atoms with van der Waals surface area (Å²) in [6.07, 6.45) is 8.93. The molecule has 0 aliphatic carbocycles. The van der Waals surface area contributed by atoms with Gasteiger partial charge in [-0.25, -0.2) is 15.0 Å². The average Bonchev–Trinajstić information content (AvgIpc) is 3.12. The van der Waals surface area contributed by atoms with Crippen LogP contribution in [0.1, 0.15) is 35.8 Å². The number of H-pyrrole nitrogens is 1. The molecule has 0 aromatic carbocycles. The Balaban J connectivity index is 1.40. The SMILES string of the molecule is COCCc1ncc(CN2CCC[C@H](c3cc4cccnc4[nH]3)C2)cn1. The molecule has 0 amide bonds. The van der Waals surface area contributed by atoms with Gasteiger partial charge >= 0.3 is 0 Å². The smallest absolute Gasteiger partial charge is 0.137 e. The highest BCUT2D eigenvalue weighted by Crippen LogP contribution is 2.29. The fourth-order valence-corrected chi connectivity index (χ4v) is 3.70. The minimum absolute atomic E-state index is 0.528. The number of likely N-dealkylation sites (tertiary alicyclic amines) is 1. The average molecular weight is 351 g/mol. The molecule has 1 atom stereocenters. The number of hydrogen-bond donors (Lipinski definition) is 1. The van der Waals surface area contributed by atoms with Gasteiger partial charge in [0.15, 0.2) is 0 Å². The van der Waals surface area contributed by atoms with Crippen LogP contribution in [0.3, 0.4) is 0 Å². The number of pyridine rings is 1. The lowest BCUT2D eigenvalue weighted by Gasteiger charge is -2.32. The lowest BCUT2D eigenvalue weighted by atomic mass is 9.94. The predicted molar refractivity (Wildman–Crippen MR) is 101 cm³/mol. The van der Waals surface area contributed by atoms with Gasteiger partial charge in [-0.3, -0.25) is 4.90 Å². The van der Waals surface area contributed by atoms with Gasteiger partial charge in [-0.2, -0.15) is 0 Å². The van der Waals surface area contributed by atoms with Crippen LogP contribution in [0.25, 0.3) is 11.0 Å². The topological polar surface area (TPSA) is 66.9 Å². The molecule has 0 unspecified atom stereocenters. The third kappa shape index (κ3) is 3.92. The predicted octanol–water partition coefficient (Wildman–Crippen LogP) is 2.92. The second-order valence-electron chi connectivity index (χ2n) is 6.99. The zero-order chi connectivity index (χ0) is 17.8. The van der Waals surface area contributed by atoms with Crippen molar-refractivity contribution in [3.8, 4) is 0 Å². The van der Waals surface area contributed by atoms with Crippen LogP contribution in [-0.2, 0) is 17.7 Å². The molecule has 26 heavy (non-hydrogen) atoms. The molecule has 0 bridgehead atoms. The van der Waals surface area contributed by atoms with E-state index < -0.39 is 0 Å². The number of fused-ring (bicyclic) bond motifs is 1. The van der Waals surface area contributed by atoms with Crippen molar-refractivity contribution in [2.75, 3.05) is 26.8 Å². The van der Waals surface area contributed by atoms with E-state index in [0.29, 0.717) is 12.5 Å². The molecule has 6 nitrogen and oxygen atoms in total. The standard InChI is InChI=1S/C20H25N5O/c1-26-9-6-19-22-11-15(12-23-19)13-25-8-3-5-17(14-25)18-10-16-4-2-7-21-20(16)24-18/h2,4,7,10-12,17H,3,5-6,8-9,13-14H2,1H3,(H,21,24)/t17-/m0/s1. The Labute approximate surface area is 153 Å². The molecule has 3 aromatic heterocycles. The maximum absolute atomic E-state index is 5.08. The highest BCUT2D eigenvalue weighted by Gasteiger charge is 2.23. The number of methoxy groups -OCH3 is 1. The molecule has 136 valence electrons. The zero-order valence-electron chi connectivity index (χ0n) is 15.2. The highest BCUT2D eigenvalue weighted by molar-refractivity contribution is 5.76. The van der Waals surface area contributed by atoms with Crippen LogP contribution in [0.15, 0.2) is 36.8 Å². The third-order valence-corrected chi connectivity index (χ3v) is 5.05. The Morgan fingerprint density at radius 2 is 2.15 bits per heavy atom. The van der Waals surface area contributed by atoms with E-state index in [1.54, 1.807) is 7.11 Å². The van der Waals surface area contributed by atoms with Gasteiger partial charge in [0.25, 0.3) is 0 Å². The van der Waals surface area contributed by atoms with Gasteiger partial charge in [-0.05, 0) is 37.6 Å². The van der Waals surface area contributed by atoms with Crippen molar-refractivity contribution in [2.24, 2.45) is 0 Å². The van der Waals surface area contributed by atoms with Crippen molar-refractivity contribution in [1.29, 1.82) is 0 Å². The fraction of sp³-hybridized carbons (Fsp3) is 0.450. The molecule has 1 N–H and O–H groups in total. The summed E-state index contributed by atoms with van der Waals surface area (Å²) >= 11 is 0. The quantitative estimate of drug-likeness (QED) is 0.740. The molecule has 1 fully saturated rings. The highest BCUT2D eigenvalue weighted by atomic mass is 16.5. The summed E-state index contributed by atoms with van der Waals surface area (Å²) in [5, 5.41) is 1.19. The molecule has 3 aromatic rings. The summed E-state index contributed by atoms with van der Waals surface area (Å²) in [5.74, 6) is 1.37. The largest absolute Gasteiger partial charge is 0.384 e. The Hall–Kier alpha value is -2.31. The first kappa shape index (κ1) is 17.1. The number of aromatic nitrogens is 4. The summed E-state index contributed by atoms with van der Waals surface area (Å²) in [6, 6.07) is 6.36. The molecule has 1 saturated heterocycles. The number of aromatic amines is 1. The van der Waals surface area contributed by atoms with Crippen LogP contribution in [0, 0.1) is 0 Å². The van der Waals surface area contributed by atoms with E-state index in [1.807, 2.05) is 24.7 Å². The number of nitrogens with one attached hydrogen (secondary N) is 1. The van der Waals surface area contributed by atoms with Crippen LogP contribution in [0.2, 0.25) is 0 Å². The van der Waals surface area contributed by atoms with E-state index in [-0.39, 0.29) is 0 Å². The van der Waals surface area contributed by atoms with Gasteiger partial charge in [0.2, 0.25) is 0 Å². The third-order valence-electron chi connectivity index (χ3n) is 5.05. The van der Waals surface area contributed by atoms with Gasteiger partial charge in [0.1, 0.15) is 11.5 Å². The number of rotatable bonds is 6. The number of nitrogens with zero attached hydrogens (tertiary/aromatic N) is 4. The second-order valence-corrected chi connectivity index (χ2v) is 6.99. The first-order chi connectivity index (χ1) is 12.8. The fourth-order valence-electron chi connectivity index (χ4n) is 3.70. The monoisotopic (exact) mass is 351 g/mol. The number of piperidine rings is 1. The van der Waals surface area contributed by atoms with Gasteiger partial charge in [0, 0.05) is 67.8 Å². The summed E-state index contributed by atoms with van der Waals surface area (Å²) in [7, 11) is 1.70. The molecule has 0 radical (unpaired) electrons. The maximum Gasteiger partial charge on any atom is 0.137 e. The molecule has 1 aliphatic rings. The lowest BCUT2D eigenvalue weighted by Crippen LogP contribution is -2.34. The Kier molecular flexibility index (Phi) is 5.22. The summed E-state index contributed by atoms with van der Waals surface area (Å²) in [6.45, 7) is 3.74. The summed E-state index contributed by atoms with van der Waals surface area (Å²) in [4.78, 5) is 19.3. The van der Waals surface area contributed by atoms with E-state index >= 15 is 0 Å². The first-order valence-electron chi connectivity index (χ1n) is 9.26. The molecular formula is C20H25N5O. The maximum atomic E-state index is 5.08. The Morgan fingerprint density at radius 3 is 2.96 bits per heavy atom. The van der Waals surface area contributed by atoms with Crippen LogP contribution >= 0.6 is 0 Å². The minimum Gasteiger partial charge on any atom is -0.384 e. The van der Waals surface area contributed by atoms with Crippen LogP contribution < -0.4 is 0 Å². The van der Waals surface area contributed by atoms with E-state index in [0.717, 1.165) is 37.5 Å². The van der Waals surface area contributed by atoms with Crippen molar-refractivity contribution in [3.05, 3.63) is 53.9 Å². The van der Waals surface area contributed by atoms with E-state index in [2.05, 4.69) is 37.0 Å². The Morgan fingerprint density at radius 1 is 1.27 bits per heavy atom. The first-order valence-corrected chi connectivity index (χ1v) is 9.26. The molecule has 4 rings (SSSR count). The van der Waals surface area contributed by atoms with Gasteiger partial charge < -0.3 is 9.72 Å². The molecule has 0 saturated carbocycles. The summed E-state index contributed by atoms with van der Waals surface area (Å²) in [5.41, 5.74) is 3.46. The normalized spacial score (nSPS) is 18.4. The molecule has 0 spiro atoms. The molecule has 1 aliphatic heterocycles. The van der Waals surface area contributed by atoms with Crippen molar-refractivity contribution in [2.45, 2.75) is 31.7 Å². The number of ether oxygens (including phenoxy) is 1. The minimum atomic E-state index is 0.528. The molecule has 6 heteroatoms. The van der Waals surface area contributed by atoms with Gasteiger partial charge in [-0.1, -0.05) is 0 Å². The van der Waals surface area contributed by atoms with E-state index in [9.17, 15) is 0 Å². The van der Waals surface area contributed by atoms with Crippen molar-refractivity contribution in [1.82, 2.24) is 24.8 Å². The van der Waals surface area contributed by atoms with Crippen LogP contribution in [-0.4, -0.2) is 51.6 Å². The summed E-state index contributed by atoms with van der Waals surface area (Å²) < 4.78 is 5.08. The van der Waals surface area contributed by atoms with Crippen molar-refractivity contribution in [3.63, 3.8) is 0 Å². The zero-order valence-corrected chi connectivity index (χ0v) is 15.2. The Bertz CT molecular complexity index is 812. The molecule has 4 heterocycles. The lowest BCUT2D eigenvalue weighted by molar-refractivity contribution is 0.197. The molecular weight excluding hydrogens is 326 g/mol. The van der Waals surface area contributed by atoms with Crippen LogP contribution in [0.4, 0.5) is 0 Å². The van der Waals surface area contributed by atoms with Crippen molar-refractivity contribution < 1.29 is 4.74 Å². The van der Waals surface area contributed by atoms with Crippen LogP contribution in [0.5, 0.6) is 0 Å². The van der Waals surface area contributed by atoms with E-state index in [1.165, 1.54) is 29.5 Å². The van der Waals surface area contributed by atoms with Gasteiger partial charge in [-0.15, -0.1) is 0 Å². The van der Waals surface area contributed by atoms with Crippen molar-refractivity contribution >= 4 is 11.0 Å². The number of hydrogen-bond acceptors (Lipinski definition) is 5.